The number of benzene rings is 1. The molecule has 1 fully saturated rings. The molecule has 0 radical (unpaired) electrons. The van der Waals surface area contributed by atoms with E-state index in [0.29, 0.717) is 13.0 Å². The van der Waals surface area contributed by atoms with E-state index in [4.69, 9.17) is 9.47 Å². The molecule has 1 unspecified atom stereocenters. The smallest absolute Gasteiger partial charge is 0.256 e. The molecule has 1 aromatic carbocycles. The van der Waals surface area contributed by atoms with E-state index in [1.165, 1.54) is 32.4 Å². The number of piperidine rings is 1. The minimum atomic E-state index is -0.792. The van der Waals surface area contributed by atoms with E-state index in [-0.39, 0.29) is 5.91 Å². The lowest BCUT2D eigenvalue weighted by Crippen LogP contribution is -2.42. The fraction of sp³-hybridized carbons (Fsp3) is 0.682. The van der Waals surface area contributed by atoms with E-state index in [9.17, 15) is 4.79 Å². The molecule has 0 saturated carbocycles. The average Bonchev–Trinajstić information content (AvgIpc) is 2.71. The van der Waals surface area contributed by atoms with Crippen LogP contribution in [-0.4, -0.2) is 49.3 Å². The maximum absolute atomic E-state index is 12.5. The number of anilines is 1. The second-order valence-corrected chi connectivity index (χ2v) is 7.52. The second kappa shape index (κ2) is 11.3. The molecule has 1 atom stereocenters. The fourth-order valence-corrected chi connectivity index (χ4v) is 3.21. The van der Waals surface area contributed by atoms with E-state index in [1.54, 1.807) is 0 Å². The van der Waals surface area contributed by atoms with Gasteiger partial charge in [0.15, 0.2) is 0 Å². The van der Waals surface area contributed by atoms with Crippen molar-refractivity contribution < 1.29 is 14.3 Å². The second-order valence-electron chi connectivity index (χ2n) is 7.52. The first-order valence-corrected chi connectivity index (χ1v) is 10.5. The van der Waals surface area contributed by atoms with E-state index in [2.05, 4.69) is 10.2 Å². The molecule has 1 aromatic rings. The molecule has 0 aromatic heterocycles. The molecule has 1 amide bonds. The van der Waals surface area contributed by atoms with Gasteiger partial charge in [-0.05, 0) is 76.4 Å². The van der Waals surface area contributed by atoms with Gasteiger partial charge in [0.05, 0.1) is 6.61 Å². The van der Waals surface area contributed by atoms with Crippen LogP contribution in [0, 0.1) is 0 Å². The van der Waals surface area contributed by atoms with Crippen LogP contribution in [0.3, 0.4) is 0 Å². The molecule has 1 saturated heterocycles. The van der Waals surface area contributed by atoms with Gasteiger partial charge in [0.25, 0.3) is 5.91 Å². The summed E-state index contributed by atoms with van der Waals surface area (Å²) in [5, 5.41) is 2.95. The first-order chi connectivity index (χ1) is 13.1. The number of amides is 1. The van der Waals surface area contributed by atoms with E-state index in [1.807, 2.05) is 45.0 Å². The number of carbonyl (C=O) groups excluding carboxylic acids is 1. The standard InChI is InChI=1S/C22H36N2O3/c1-4-17-27-22(3,5-2)21(25)23-19-10-12-20(13-11-19)26-18-9-16-24-14-7-6-8-15-24/h10-13H,4-9,14-18H2,1-3H3,(H,23,25). The van der Waals surface area contributed by atoms with Gasteiger partial charge in [-0.1, -0.05) is 20.3 Å². The quantitative estimate of drug-likeness (QED) is 0.579. The highest BCUT2D eigenvalue weighted by atomic mass is 16.5. The third kappa shape index (κ3) is 7.15. The van der Waals surface area contributed by atoms with Crippen LogP contribution in [0.5, 0.6) is 5.75 Å². The molecule has 1 N–H and O–H groups in total. The Bertz CT molecular complexity index is 555. The summed E-state index contributed by atoms with van der Waals surface area (Å²) in [6.45, 7) is 10.7. The van der Waals surface area contributed by atoms with Crippen molar-refractivity contribution in [2.45, 2.75) is 64.9 Å². The van der Waals surface area contributed by atoms with Crippen LogP contribution in [0.15, 0.2) is 24.3 Å². The van der Waals surface area contributed by atoms with Crippen molar-refractivity contribution in [3.05, 3.63) is 24.3 Å². The number of rotatable bonds is 11. The molecule has 1 aliphatic rings. The highest BCUT2D eigenvalue weighted by Gasteiger charge is 2.32. The summed E-state index contributed by atoms with van der Waals surface area (Å²) >= 11 is 0. The summed E-state index contributed by atoms with van der Waals surface area (Å²) < 4.78 is 11.6. The van der Waals surface area contributed by atoms with Gasteiger partial charge in [-0.3, -0.25) is 4.79 Å². The molecule has 152 valence electrons. The number of hydrogen-bond donors (Lipinski definition) is 1. The zero-order chi connectivity index (χ0) is 19.5. The molecule has 0 spiro atoms. The van der Waals surface area contributed by atoms with Crippen LogP contribution >= 0.6 is 0 Å². The van der Waals surface area contributed by atoms with E-state index < -0.39 is 5.60 Å². The largest absolute Gasteiger partial charge is 0.494 e. The molecule has 0 aliphatic carbocycles. The molecule has 5 heteroatoms. The average molecular weight is 377 g/mol. The lowest BCUT2D eigenvalue weighted by molar-refractivity contribution is -0.139. The number of carbonyl (C=O) groups is 1. The Morgan fingerprint density at radius 2 is 1.81 bits per heavy atom. The number of likely N-dealkylation sites (tertiary alicyclic amines) is 1. The maximum Gasteiger partial charge on any atom is 0.256 e. The van der Waals surface area contributed by atoms with E-state index >= 15 is 0 Å². The number of nitrogens with one attached hydrogen (secondary N) is 1. The molecular formula is C22H36N2O3. The van der Waals surface area contributed by atoms with Crippen LogP contribution in [0.4, 0.5) is 5.69 Å². The van der Waals surface area contributed by atoms with Gasteiger partial charge >= 0.3 is 0 Å². The highest BCUT2D eigenvalue weighted by Crippen LogP contribution is 2.21. The predicted molar refractivity (Wildman–Crippen MR) is 110 cm³/mol. The van der Waals surface area contributed by atoms with Crippen molar-refractivity contribution in [1.29, 1.82) is 0 Å². The summed E-state index contributed by atoms with van der Waals surface area (Å²) in [4.78, 5) is 15.1. The summed E-state index contributed by atoms with van der Waals surface area (Å²) in [5.74, 6) is 0.737. The SMILES string of the molecule is CCCOC(C)(CC)C(=O)Nc1ccc(OCCCN2CCCCC2)cc1. The van der Waals surface area contributed by atoms with Crippen LogP contribution in [0.2, 0.25) is 0 Å². The normalized spacial score (nSPS) is 17.3. The van der Waals surface area contributed by atoms with Crippen molar-refractivity contribution in [2.75, 3.05) is 38.2 Å². The summed E-state index contributed by atoms with van der Waals surface area (Å²) in [6, 6.07) is 7.58. The predicted octanol–water partition coefficient (Wildman–Crippen LogP) is 4.48. The van der Waals surface area contributed by atoms with Crippen molar-refractivity contribution in [2.24, 2.45) is 0 Å². The molecule has 1 aliphatic heterocycles. The Labute approximate surface area is 164 Å². The van der Waals surface area contributed by atoms with Crippen molar-refractivity contribution >= 4 is 11.6 Å². The van der Waals surface area contributed by atoms with E-state index in [0.717, 1.165) is 37.4 Å². The van der Waals surface area contributed by atoms with Crippen molar-refractivity contribution in [1.82, 2.24) is 4.90 Å². The number of nitrogens with zero attached hydrogens (tertiary/aromatic N) is 1. The molecule has 2 rings (SSSR count). The van der Waals surface area contributed by atoms with Gasteiger partial charge in [-0.15, -0.1) is 0 Å². The molecule has 5 nitrogen and oxygen atoms in total. The van der Waals surface area contributed by atoms with Crippen LogP contribution in [-0.2, 0) is 9.53 Å². The van der Waals surface area contributed by atoms with Gasteiger partial charge in [0, 0.05) is 18.8 Å². The first kappa shape index (κ1) is 21.7. The maximum atomic E-state index is 12.5. The lowest BCUT2D eigenvalue weighted by atomic mass is 10.0. The zero-order valence-electron chi connectivity index (χ0n) is 17.3. The van der Waals surface area contributed by atoms with Crippen LogP contribution < -0.4 is 10.1 Å². The topological polar surface area (TPSA) is 50.8 Å². The minimum Gasteiger partial charge on any atom is -0.494 e. The molecule has 0 bridgehead atoms. The monoisotopic (exact) mass is 376 g/mol. The zero-order valence-corrected chi connectivity index (χ0v) is 17.3. The number of hydrogen-bond acceptors (Lipinski definition) is 4. The summed E-state index contributed by atoms with van der Waals surface area (Å²) in [6.07, 6.45) is 6.60. The fourth-order valence-electron chi connectivity index (χ4n) is 3.21. The highest BCUT2D eigenvalue weighted by molar-refractivity contribution is 5.97. The van der Waals surface area contributed by atoms with Gasteiger partial charge in [-0.2, -0.15) is 0 Å². The minimum absolute atomic E-state index is 0.103. The third-order valence-electron chi connectivity index (χ3n) is 5.23. The van der Waals surface area contributed by atoms with Crippen LogP contribution in [0.1, 0.15) is 59.3 Å². The third-order valence-corrected chi connectivity index (χ3v) is 5.23. The van der Waals surface area contributed by atoms with Gasteiger partial charge < -0.3 is 19.7 Å². The van der Waals surface area contributed by atoms with Crippen molar-refractivity contribution in [3.63, 3.8) is 0 Å². The van der Waals surface area contributed by atoms with Gasteiger partial charge in [0.2, 0.25) is 0 Å². The summed E-state index contributed by atoms with van der Waals surface area (Å²) in [5.41, 5.74) is -0.0277. The Kier molecular flexibility index (Phi) is 9.08. The Hall–Kier alpha value is -1.59. The van der Waals surface area contributed by atoms with Gasteiger partial charge in [0.1, 0.15) is 11.4 Å². The first-order valence-electron chi connectivity index (χ1n) is 10.5. The Morgan fingerprint density at radius 1 is 1.11 bits per heavy atom. The molecule has 1 heterocycles. The van der Waals surface area contributed by atoms with Gasteiger partial charge in [-0.25, -0.2) is 0 Å². The Balaban J connectivity index is 1.74. The number of ether oxygens (including phenoxy) is 2. The molecular weight excluding hydrogens is 340 g/mol. The lowest BCUT2D eigenvalue weighted by Gasteiger charge is -2.27. The Morgan fingerprint density at radius 3 is 2.44 bits per heavy atom. The molecule has 27 heavy (non-hydrogen) atoms. The summed E-state index contributed by atoms with van der Waals surface area (Å²) in [7, 11) is 0. The van der Waals surface area contributed by atoms with Crippen molar-refractivity contribution in [3.8, 4) is 5.75 Å². The van der Waals surface area contributed by atoms with Crippen LogP contribution in [0.25, 0.3) is 0 Å².